The van der Waals surface area contributed by atoms with Crippen molar-refractivity contribution >= 4 is 0 Å². The summed E-state index contributed by atoms with van der Waals surface area (Å²) in [5.74, 6) is 1.81. The van der Waals surface area contributed by atoms with Crippen LogP contribution in [0.1, 0.15) is 129 Å². The lowest BCUT2D eigenvalue weighted by atomic mass is 9.86. The summed E-state index contributed by atoms with van der Waals surface area (Å²) in [7, 11) is 0. The first-order valence-corrected chi connectivity index (χ1v) is 12.0. The van der Waals surface area contributed by atoms with Crippen LogP contribution in [0, 0.1) is 25.7 Å². The van der Waals surface area contributed by atoms with Crippen LogP contribution in [0.3, 0.4) is 0 Å². The van der Waals surface area contributed by atoms with Gasteiger partial charge in [0.15, 0.2) is 0 Å². The molecule has 0 aliphatic heterocycles. The van der Waals surface area contributed by atoms with Crippen LogP contribution in [0.25, 0.3) is 0 Å². The fourth-order valence-corrected chi connectivity index (χ4v) is 3.80. The zero-order valence-electron chi connectivity index (χ0n) is 18.5. The minimum Gasteiger partial charge on any atom is -0.0885 e. The Kier molecular flexibility index (Phi) is 20.8. The maximum Gasteiger partial charge on any atom is -0.0351 e. The zero-order valence-corrected chi connectivity index (χ0v) is 18.5. The molecule has 0 aromatic heterocycles. The summed E-state index contributed by atoms with van der Waals surface area (Å²) in [6.45, 7) is 12.7. The predicted molar refractivity (Wildman–Crippen MR) is 121 cm³/mol. The van der Waals surface area contributed by atoms with Gasteiger partial charge in [-0.15, -0.1) is 0 Å². The second-order valence-corrected chi connectivity index (χ2v) is 8.58. The Morgan fingerprint density at radius 1 is 0.538 bits per heavy atom. The van der Waals surface area contributed by atoms with Crippen molar-refractivity contribution in [3.05, 3.63) is 26.0 Å². The quantitative estimate of drug-likeness (QED) is 0.149. The van der Waals surface area contributed by atoms with E-state index in [4.69, 9.17) is 0 Å². The lowest BCUT2D eigenvalue weighted by Crippen LogP contribution is -2.08. The summed E-state index contributed by atoms with van der Waals surface area (Å²) in [5, 5.41) is 0. The van der Waals surface area contributed by atoms with Gasteiger partial charge in [-0.2, -0.15) is 0 Å². The maximum atomic E-state index is 3.97. The number of unbranched alkanes of at least 4 members (excludes halogenated alkanes) is 13. The number of allylic oxidation sites excluding steroid dienone is 2. The average molecular weight is 363 g/mol. The molecule has 0 N–H and O–H groups in total. The monoisotopic (exact) mass is 362 g/mol. The largest absolute Gasteiger partial charge is 0.0885 e. The molecular weight excluding hydrogens is 312 g/mol. The summed E-state index contributed by atoms with van der Waals surface area (Å²) in [6, 6.07) is 0. The van der Waals surface area contributed by atoms with Gasteiger partial charge >= 0.3 is 0 Å². The molecule has 0 aromatic rings. The van der Waals surface area contributed by atoms with Crippen LogP contribution in [0.2, 0.25) is 0 Å². The molecule has 0 amide bonds. The Bertz CT molecular complexity index is 276. The third-order valence-electron chi connectivity index (χ3n) is 5.75. The summed E-state index contributed by atoms with van der Waals surface area (Å²) < 4.78 is 0. The molecule has 0 saturated carbocycles. The summed E-state index contributed by atoms with van der Waals surface area (Å²) in [6.07, 6.45) is 29.2. The van der Waals surface area contributed by atoms with Crippen LogP contribution in [-0.4, -0.2) is 0 Å². The van der Waals surface area contributed by atoms with Crippen molar-refractivity contribution in [1.82, 2.24) is 0 Å². The highest BCUT2D eigenvalue weighted by Gasteiger charge is 2.12. The molecule has 0 aliphatic rings. The van der Waals surface area contributed by atoms with Crippen molar-refractivity contribution in [3.63, 3.8) is 0 Å². The summed E-state index contributed by atoms with van der Waals surface area (Å²) in [5.41, 5.74) is 0. The number of hydrogen-bond acceptors (Lipinski definition) is 0. The number of hydrogen-bond donors (Lipinski definition) is 0. The van der Waals surface area contributed by atoms with E-state index in [1.807, 2.05) is 0 Å². The van der Waals surface area contributed by atoms with Gasteiger partial charge in [-0.05, 0) is 37.5 Å². The third-order valence-corrected chi connectivity index (χ3v) is 5.75. The Morgan fingerprint density at radius 3 is 1.42 bits per heavy atom. The van der Waals surface area contributed by atoms with E-state index in [9.17, 15) is 0 Å². The van der Waals surface area contributed by atoms with Crippen LogP contribution >= 0.6 is 0 Å². The predicted octanol–water partition coefficient (Wildman–Crippen LogP) is 9.50. The fourth-order valence-electron chi connectivity index (χ4n) is 3.80. The lowest BCUT2D eigenvalue weighted by Gasteiger charge is -2.20. The van der Waals surface area contributed by atoms with Crippen LogP contribution in [-0.2, 0) is 0 Å². The molecule has 0 rings (SSSR count). The van der Waals surface area contributed by atoms with E-state index in [0.29, 0.717) is 0 Å². The molecule has 0 heterocycles. The minimum absolute atomic E-state index is 0.857. The summed E-state index contributed by atoms with van der Waals surface area (Å²) in [4.78, 5) is 0. The maximum absolute atomic E-state index is 3.97. The molecule has 0 aromatic carbocycles. The van der Waals surface area contributed by atoms with Crippen LogP contribution in [0.5, 0.6) is 0 Å². The van der Waals surface area contributed by atoms with Crippen molar-refractivity contribution in [3.8, 4) is 0 Å². The Labute approximate surface area is 167 Å². The molecule has 0 saturated heterocycles. The molecule has 1 atom stereocenters. The smallest absolute Gasteiger partial charge is 0.0351 e. The Hall–Kier alpha value is -0.260. The molecule has 154 valence electrons. The second kappa shape index (κ2) is 21.0. The van der Waals surface area contributed by atoms with Gasteiger partial charge in [0.2, 0.25) is 0 Å². The molecule has 0 bridgehead atoms. The van der Waals surface area contributed by atoms with Gasteiger partial charge in [0.1, 0.15) is 0 Å². The normalized spacial score (nSPS) is 13.1. The molecule has 1 unspecified atom stereocenters. The highest BCUT2D eigenvalue weighted by Crippen LogP contribution is 2.25. The molecule has 0 fully saturated rings. The van der Waals surface area contributed by atoms with Crippen molar-refractivity contribution < 1.29 is 0 Å². The van der Waals surface area contributed by atoms with Gasteiger partial charge in [0.25, 0.3) is 0 Å². The first-order valence-electron chi connectivity index (χ1n) is 12.0. The first kappa shape index (κ1) is 25.7. The van der Waals surface area contributed by atoms with Crippen molar-refractivity contribution in [1.29, 1.82) is 0 Å². The highest BCUT2D eigenvalue weighted by atomic mass is 14.2. The highest BCUT2D eigenvalue weighted by molar-refractivity contribution is 4.81. The molecular formula is C26H50. The van der Waals surface area contributed by atoms with Crippen molar-refractivity contribution in [2.75, 3.05) is 0 Å². The molecule has 0 aliphatic carbocycles. The van der Waals surface area contributed by atoms with Crippen molar-refractivity contribution in [2.45, 2.75) is 129 Å². The van der Waals surface area contributed by atoms with Crippen LogP contribution in [0.15, 0.2) is 12.2 Å². The van der Waals surface area contributed by atoms with E-state index in [-0.39, 0.29) is 0 Å². The van der Waals surface area contributed by atoms with E-state index in [1.54, 1.807) is 0 Å². The van der Waals surface area contributed by atoms with Crippen LogP contribution < -0.4 is 0 Å². The number of rotatable bonds is 20. The third kappa shape index (κ3) is 18.5. The Morgan fingerprint density at radius 2 is 0.923 bits per heavy atom. The topological polar surface area (TPSA) is 0 Å². The molecule has 0 nitrogen and oxygen atoms in total. The second-order valence-electron chi connectivity index (χ2n) is 8.58. The first-order chi connectivity index (χ1) is 12.7. The van der Waals surface area contributed by atoms with Gasteiger partial charge < -0.3 is 0 Å². The van der Waals surface area contributed by atoms with Gasteiger partial charge in [-0.25, -0.2) is 0 Å². The fraction of sp³-hybridized carbons (Fsp3) is 0.846. The lowest BCUT2D eigenvalue weighted by molar-refractivity contribution is 0.314. The SMILES string of the molecule is [CH2]CCCCCCC=CCCCCCCCCC(CCCC[CH2])C(C)C. The molecule has 0 spiro atoms. The van der Waals surface area contributed by atoms with Gasteiger partial charge in [0, 0.05) is 0 Å². The van der Waals surface area contributed by atoms with Crippen LogP contribution in [0.4, 0.5) is 0 Å². The van der Waals surface area contributed by atoms with E-state index in [0.717, 1.165) is 24.7 Å². The zero-order chi connectivity index (χ0) is 19.3. The Balaban J connectivity index is 3.36. The van der Waals surface area contributed by atoms with Gasteiger partial charge in [-0.1, -0.05) is 130 Å². The average Bonchev–Trinajstić information content (AvgIpc) is 2.63. The summed E-state index contributed by atoms with van der Waals surface area (Å²) >= 11 is 0. The van der Waals surface area contributed by atoms with E-state index >= 15 is 0 Å². The van der Waals surface area contributed by atoms with E-state index < -0.39 is 0 Å². The van der Waals surface area contributed by atoms with E-state index in [1.165, 1.54) is 103 Å². The molecule has 0 heteroatoms. The van der Waals surface area contributed by atoms with Crippen molar-refractivity contribution in [2.24, 2.45) is 11.8 Å². The minimum atomic E-state index is 0.857. The van der Waals surface area contributed by atoms with E-state index in [2.05, 4.69) is 39.8 Å². The molecule has 26 heavy (non-hydrogen) atoms. The molecule has 2 radical (unpaired) electrons. The standard InChI is InChI=1S/C26H50/c1-5-7-9-10-11-12-13-14-15-16-17-18-19-20-22-24-26(25(3)4)23-21-8-6-2/h13-14,25-26H,1-2,5-12,15-24H2,3-4H3. The van der Waals surface area contributed by atoms with Gasteiger partial charge in [0.05, 0.1) is 0 Å². The van der Waals surface area contributed by atoms with Gasteiger partial charge in [-0.3, -0.25) is 0 Å².